The maximum Gasteiger partial charge on any atom is 0.0278 e. The van der Waals surface area contributed by atoms with Crippen molar-refractivity contribution >= 4 is 0 Å². The van der Waals surface area contributed by atoms with Crippen LogP contribution in [0.2, 0.25) is 0 Å². The zero-order chi connectivity index (χ0) is 19.2. The Morgan fingerprint density at radius 1 is 1.15 bits per heavy atom. The van der Waals surface area contributed by atoms with Crippen molar-refractivity contribution in [3.8, 4) is 0 Å². The molecule has 27 heavy (non-hydrogen) atoms. The second-order valence-electron chi connectivity index (χ2n) is 7.00. The van der Waals surface area contributed by atoms with Gasteiger partial charge in [-0.2, -0.15) is 0 Å². The highest BCUT2D eigenvalue weighted by molar-refractivity contribution is 5.69. The minimum absolute atomic E-state index is 0.264. The quantitative estimate of drug-likeness (QED) is 0.491. The molecule has 0 bridgehead atoms. The molecule has 0 heteroatoms. The Labute approximate surface area is 164 Å². The summed E-state index contributed by atoms with van der Waals surface area (Å²) in [4.78, 5) is 0. The molecule has 0 saturated carbocycles. The lowest BCUT2D eigenvalue weighted by Gasteiger charge is -2.21. The van der Waals surface area contributed by atoms with E-state index < -0.39 is 0 Å². The summed E-state index contributed by atoms with van der Waals surface area (Å²) in [5.41, 5.74) is 9.21. The van der Waals surface area contributed by atoms with Crippen LogP contribution in [0.5, 0.6) is 0 Å². The summed E-state index contributed by atoms with van der Waals surface area (Å²) in [6.07, 6.45) is 20.7. The fraction of sp³-hybridized carbons (Fsp3) is 0.185. The molecule has 0 fully saturated rings. The van der Waals surface area contributed by atoms with Gasteiger partial charge in [0, 0.05) is 5.92 Å². The topological polar surface area (TPSA) is 0 Å². The van der Waals surface area contributed by atoms with Crippen LogP contribution in [0.1, 0.15) is 38.7 Å². The highest BCUT2D eigenvalue weighted by Crippen LogP contribution is 2.44. The van der Waals surface area contributed by atoms with Crippen LogP contribution in [0, 0.1) is 0 Å². The monoisotopic (exact) mass is 352 g/mol. The molecule has 1 aromatic carbocycles. The van der Waals surface area contributed by atoms with Crippen molar-refractivity contribution in [2.24, 2.45) is 0 Å². The predicted octanol–water partition coefficient (Wildman–Crippen LogP) is 7.55. The van der Waals surface area contributed by atoms with E-state index in [1.165, 1.54) is 39.0 Å². The maximum atomic E-state index is 3.93. The van der Waals surface area contributed by atoms with Gasteiger partial charge < -0.3 is 0 Å². The third-order valence-corrected chi connectivity index (χ3v) is 5.26. The molecule has 1 unspecified atom stereocenters. The van der Waals surface area contributed by atoms with E-state index in [-0.39, 0.29) is 5.92 Å². The van der Waals surface area contributed by atoms with Gasteiger partial charge in [0.1, 0.15) is 0 Å². The molecule has 0 amide bonds. The zero-order valence-corrected chi connectivity index (χ0v) is 16.6. The highest BCUT2D eigenvalue weighted by Gasteiger charge is 2.26. The first-order valence-electron chi connectivity index (χ1n) is 9.65. The Bertz CT molecular complexity index is 922. The molecular formula is C27H28. The summed E-state index contributed by atoms with van der Waals surface area (Å²) in [5.74, 6) is 0.264. The molecule has 0 heterocycles. The van der Waals surface area contributed by atoms with Crippen molar-refractivity contribution < 1.29 is 0 Å². The Morgan fingerprint density at radius 3 is 2.63 bits per heavy atom. The Balaban J connectivity index is 2.27. The lowest BCUT2D eigenvalue weighted by atomic mass is 9.82. The highest BCUT2D eigenvalue weighted by atomic mass is 14.3. The Hall–Kier alpha value is -2.86. The largest absolute Gasteiger partial charge is 0.0990 e. The summed E-state index contributed by atoms with van der Waals surface area (Å²) < 4.78 is 0. The van der Waals surface area contributed by atoms with Crippen molar-refractivity contribution in [1.82, 2.24) is 0 Å². The van der Waals surface area contributed by atoms with Gasteiger partial charge in [-0.15, -0.1) is 0 Å². The van der Waals surface area contributed by atoms with E-state index in [0.717, 1.165) is 6.42 Å². The van der Waals surface area contributed by atoms with Crippen LogP contribution in [0.25, 0.3) is 0 Å². The van der Waals surface area contributed by atoms with Gasteiger partial charge in [0.25, 0.3) is 0 Å². The minimum atomic E-state index is 0.264. The smallest absolute Gasteiger partial charge is 0.0278 e. The first kappa shape index (κ1) is 18.9. The van der Waals surface area contributed by atoms with Crippen LogP contribution < -0.4 is 0 Å². The summed E-state index contributed by atoms with van der Waals surface area (Å²) in [5, 5.41) is 0. The molecule has 0 saturated heterocycles. The average molecular weight is 353 g/mol. The predicted molar refractivity (Wildman–Crippen MR) is 119 cm³/mol. The van der Waals surface area contributed by atoms with Gasteiger partial charge in [0.2, 0.25) is 0 Å². The van der Waals surface area contributed by atoms with Gasteiger partial charge in [0.05, 0.1) is 0 Å². The molecule has 2 aliphatic rings. The van der Waals surface area contributed by atoms with Crippen molar-refractivity contribution in [2.75, 3.05) is 0 Å². The molecule has 3 rings (SSSR count). The lowest BCUT2D eigenvalue weighted by molar-refractivity contribution is 0.993. The molecule has 0 N–H and O–H groups in total. The maximum absolute atomic E-state index is 3.93. The van der Waals surface area contributed by atoms with Gasteiger partial charge in [0.15, 0.2) is 0 Å². The van der Waals surface area contributed by atoms with Gasteiger partial charge in [-0.3, -0.25) is 0 Å². The molecule has 0 nitrogen and oxygen atoms in total. The minimum Gasteiger partial charge on any atom is -0.0990 e. The summed E-state index contributed by atoms with van der Waals surface area (Å²) in [6.45, 7) is 10.5. The number of fused-ring (bicyclic) bond motifs is 1. The first-order chi connectivity index (χ1) is 13.2. The fourth-order valence-electron chi connectivity index (χ4n) is 3.87. The SMILES string of the molecule is C=C/C=C(\C=C/C)C1=C(C)C(C)=CC(c2ccccc2)C2=CCC=CC=C21. The zero-order valence-electron chi connectivity index (χ0n) is 16.6. The molecule has 1 aromatic rings. The van der Waals surface area contributed by atoms with Crippen LogP contribution in [-0.4, -0.2) is 0 Å². The van der Waals surface area contributed by atoms with E-state index in [2.05, 4.69) is 106 Å². The van der Waals surface area contributed by atoms with E-state index in [0.29, 0.717) is 0 Å². The molecule has 0 aliphatic heterocycles. The Morgan fingerprint density at radius 2 is 1.93 bits per heavy atom. The van der Waals surface area contributed by atoms with E-state index in [4.69, 9.17) is 0 Å². The fourth-order valence-corrected chi connectivity index (χ4v) is 3.87. The molecule has 136 valence electrons. The molecular weight excluding hydrogens is 324 g/mol. The number of allylic oxidation sites excluding steroid dienone is 15. The van der Waals surface area contributed by atoms with Crippen molar-refractivity contribution in [3.05, 3.63) is 131 Å². The molecule has 0 spiro atoms. The molecule has 2 aliphatic carbocycles. The molecule has 0 aromatic heterocycles. The van der Waals surface area contributed by atoms with E-state index >= 15 is 0 Å². The standard InChI is InChI=1S/C27H28/c1-5-13-23(14-6-2)27-21(4)20(3)19-26(22-15-9-7-10-16-22)24-17-11-8-12-18-25(24)27/h5-10,12-19,26H,1,11H2,2-4H3/b14-6-,23-13+. The molecule has 1 atom stereocenters. The third-order valence-electron chi connectivity index (χ3n) is 5.26. The summed E-state index contributed by atoms with van der Waals surface area (Å²) in [6, 6.07) is 10.8. The average Bonchev–Trinajstić information content (AvgIpc) is 2.97. The summed E-state index contributed by atoms with van der Waals surface area (Å²) in [7, 11) is 0. The van der Waals surface area contributed by atoms with E-state index in [1.807, 2.05) is 6.08 Å². The van der Waals surface area contributed by atoms with E-state index in [1.54, 1.807) is 0 Å². The van der Waals surface area contributed by atoms with Gasteiger partial charge >= 0.3 is 0 Å². The second-order valence-corrected chi connectivity index (χ2v) is 7.00. The van der Waals surface area contributed by atoms with Crippen LogP contribution in [-0.2, 0) is 0 Å². The van der Waals surface area contributed by atoms with Gasteiger partial charge in [-0.25, -0.2) is 0 Å². The number of hydrogen-bond donors (Lipinski definition) is 0. The third kappa shape index (κ3) is 3.95. The summed E-state index contributed by atoms with van der Waals surface area (Å²) >= 11 is 0. The van der Waals surface area contributed by atoms with Gasteiger partial charge in [-0.05, 0) is 60.6 Å². The lowest BCUT2D eigenvalue weighted by Crippen LogP contribution is -2.05. The van der Waals surface area contributed by atoms with Crippen molar-refractivity contribution in [3.63, 3.8) is 0 Å². The number of rotatable bonds is 4. The van der Waals surface area contributed by atoms with Crippen LogP contribution in [0.4, 0.5) is 0 Å². The van der Waals surface area contributed by atoms with Gasteiger partial charge in [-0.1, -0.05) is 97.2 Å². The number of hydrogen-bond acceptors (Lipinski definition) is 0. The molecule has 0 radical (unpaired) electrons. The van der Waals surface area contributed by atoms with Crippen molar-refractivity contribution in [2.45, 2.75) is 33.1 Å². The van der Waals surface area contributed by atoms with Crippen LogP contribution in [0.3, 0.4) is 0 Å². The second kappa shape index (κ2) is 8.68. The van der Waals surface area contributed by atoms with E-state index in [9.17, 15) is 0 Å². The van der Waals surface area contributed by atoms with Crippen LogP contribution >= 0.6 is 0 Å². The Kier molecular flexibility index (Phi) is 6.08. The normalized spacial score (nSPS) is 20.5. The number of benzene rings is 1. The van der Waals surface area contributed by atoms with Crippen molar-refractivity contribution in [1.29, 1.82) is 0 Å². The van der Waals surface area contributed by atoms with Crippen LogP contribution in [0.15, 0.2) is 125 Å². The first-order valence-corrected chi connectivity index (χ1v) is 9.65.